The molecule has 0 amide bonds. The first-order chi connectivity index (χ1) is 9.91. The molecular weight excluding hydrogens is 295 g/mol. The predicted octanol–water partition coefficient (Wildman–Crippen LogP) is -0.0561. The van der Waals surface area contributed by atoms with Crippen LogP contribution in [0.25, 0.3) is 0 Å². The van der Waals surface area contributed by atoms with Crippen molar-refractivity contribution in [2.24, 2.45) is 10.9 Å². The second-order valence-corrected chi connectivity index (χ2v) is 6.69. The normalized spacial score (nSPS) is 17.8. The minimum Gasteiger partial charge on any atom is -0.368 e. The van der Waals surface area contributed by atoms with Crippen molar-refractivity contribution in [3.8, 4) is 0 Å². The van der Waals surface area contributed by atoms with Crippen molar-refractivity contribution >= 4 is 15.7 Å². The molecule has 4 N–H and O–H groups in total. The Morgan fingerprint density at radius 2 is 1.95 bits per heavy atom. The highest BCUT2D eigenvalue weighted by atomic mass is 32.2. The monoisotopic (exact) mass is 316 g/mol. The second-order valence-electron chi connectivity index (χ2n) is 5.13. The van der Waals surface area contributed by atoms with E-state index >= 15 is 0 Å². The van der Waals surface area contributed by atoms with E-state index in [4.69, 9.17) is 10.9 Å². The largest absolute Gasteiger partial charge is 0.368 e. The van der Waals surface area contributed by atoms with Crippen LogP contribution in [0.3, 0.4) is 0 Å². The Balaban J connectivity index is 2.15. The van der Waals surface area contributed by atoms with Crippen molar-refractivity contribution in [2.75, 3.05) is 44.2 Å². The van der Waals surface area contributed by atoms with Gasteiger partial charge in [-0.2, -0.15) is 0 Å². The van der Waals surface area contributed by atoms with Gasteiger partial charge in [-0.1, -0.05) is 0 Å². The van der Waals surface area contributed by atoms with E-state index in [0.717, 1.165) is 38.7 Å². The fourth-order valence-electron chi connectivity index (χ4n) is 2.54. The molecule has 118 valence electrons. The quantitative estimate of drug-likeness (QED) is 0.812. The summed E-state index contributed by atoms with van der Waals surface area (Å²) in [5.41, 5.74) is 5.97. The van der Waals surface area contributed by atoms with Crippen LogP contribution in [0.15, 0.2) is 23.1 Å². The molecule has 0 aliphatic carbocycles. The highest BCUT2D eigenvalue weighted by Crippen LogP contribution is 2.23. The van der Waals surface area contributed by atoms with E-state index < -0.39 is 15.8 Å². The number of primary sulfonamides is 1. The zero-order valence-electron chi connectivity index (χ0n) is 11.8. The van der Waals surface area contributed by atoms with Gasteiger partial charge in [0.2, 0.25) is 10.0 Å². The molecule has 1 aliphatic rings. The lowest BCUT2D eigenvalue weighted by atomic mass is 10.2. The standard InChI is InChI=1S/C13H21FN4O2S/c14-12-10-11(21(16,19)20)2-3-13(12)18-6-1-5-17(7-4-15)8-9-18/h2-3,10H,1,4-9,15H2,(H2,16,19,20). The topological polar surface area (TPSA) is 92.7 Å². The van der Waals surface area contributed by atoms with Gasteiger partial charge in [-0.15, -0.1) is 0 Å². The predicted molar refractivity (Wildman–Crippen MR) is 80.1 cm³/mol. The number of hydrogen-bond donors (Lipinski definition) is 2. The zero-order valence-corrected chi connectivity index (χ0v) is 12.7. The van der Waals surface area contributed by atoms with Crippen LogP contribution in [0.2, 0.25) is 0 Å². The van der Waals surface area contributed by atoms with Gasteiger partial charge in [-0.25, -0.2) is 17.9 Å². The molecule has 1 fully saturated rings. The number of nitrogens with zero attached hydrogens (tertiary/aromatic N) is 2. The Morgan fingerprint density at radius 1 is 1.19 bits per heavy atom. The van der Waals surface area contributed by atoms with Crippen molar-refractivity contribution < 1.29 is 12.8 Å². The molecule has 1 aliphatic heterocycles. The zero-order chi connectivity index (χ0) is 15.5. The van der Waals surface area contributed by atoms with E-state index in [2.05, 4.69) is 4.90 Å². The summed E-state index contributed by atoms with van der Waals surface area (Å²) in [6.45, 7) is 4.61. The summed E-state index contributed by atoms with van der Waals surface area (Å²) < 4.78 is 36.6. The first-order valence-corrected chi connectivity index (χ1v) is 8.46. The third kappa shape index (κ3) is 4.13. The Hall–Kier alpha value is -1.22. The summed E-state index contributed by atoms with van der Waals surface area (Å²) >= 11 is 0. The molecule has 1 aromatic carbocycles. The molecular formula is C13H21FN4O2S. The Bertz CT molecular complexity index is 594. The van der Waals surface area contributed by atoms with Crippen molar-refractivity contribution in [1.29, 1.82) is 0 Å². The first kappa shape index (κ1) is 16.2. The molecule has 8 heteroatoms. The Morgan fingerprint density at radius 3 is 2.57 bits per heavy atom. The third-order valence-electron chi connectivity index (χ3n) is 3.62. The average molecular weight is 316 g/mol. The molecule has 6 nitrogen and oxygen atoms in total. The highest BCUT2D eigenvalue weighted by Gasteiger charge is 2.19. The molecule has 1 saturated heterocycles. The molecule has 21 heavy (non-hydrogen) atoms. The van der Waals surface area contributed by atoms with Crippen molar-refractivity contribution in [3.05, 3.63) is 24.0 Å². The number of sulfonamides is 1. The molecule has 0 unspecified atom stereocenters. The van der Waals surface area contributed by atoms with Gasteiger partial charge in [0.25, 0.3) is 0 Å². The highest BCUT2D eigenvalue weighted by molar-refractivity contribution is 7.89. The number of benzene rings is 1. The second kappa shape index (κ2) is 6.69. The van der Waals surface area contributed by atoms with E-state index in [0.29, 0.717) is 18.8 Å². The lowest BCUT2D eigenvalue weighted by Gasteiger charge is -2.24. The minimum atomic E-state index is -3.88. The fourth-order valence-corrected chi connectivity index (χ4v) is 3.06. The summed E-state index contributed by atoms with van der Waals surface area (Å²) in [5.74, 6) is -0.561. The lowest BCUT2D eigenvalue weighted by molar-refractivity contribution is 0.302. The van der Waals surface area contributed by atoms with Crippen molar-refractivity contribution in [1.82, 2.24) is 4.90 Å². The van der Waals surface area contributed by atoms with Crippen LogP contribution in [0.1, 0.15) is 6.42 Å². The Kier molecular flexibility index (Phi) is 5.15. The van der Waals surface area contributed by atoms with Gasteiger partial charge in [0.1, 0.15) is 5.82 Å². The summed E-state index contributed by atoms with van der Waals surface area (Å²) in [6.07, 6.45) is 0.913. The van der Waals surface area contributed by atoms with Gasteiger partial charge in [0, 0.05) is 32.7 Å². The average Bonchev–Trinajstić information content (AvgIpc) is 2.64. The molecule has 1 aromatic rings. The van der Waals surface area contributed by atoms with E-state index in [1.807, 2.05) is 4.90 Å². The van der Waals surface area contributed by atoms with E-state index in [9.17, 15) is 12.8 Å². The maximum atomic E-state index is 14.1. The van der Waals surface area contributed by atoms with Gasteiger partial charge < -0.3 is 15.5 Å². The number of halogens is 1. The molecule has 0 radical (unpaired) electrons. The molecule has 2 rings (SSSR count). The number of nitrogens with two attached hydrogens (primary N) is 2. The smallest absolute Gasteiger partial charge is 0.238 e. The molecule has 0 aromatic heterocycles. The molecule has 0 saturated carbocycles. The summed E-state index contributed by atoms with van der Waals surface area (Å²) in [4.78, 5) is 3.97. The molecule has 1 heterocycles. The maximum Gasteiger partial charge on any atom is 0.238 e. The van der Waals surface area contributed by atoms with Gasteiger partial charge in [0.15, 0.2) is 0 Å². The van der Waals surface area contributed by atoms with Crippen LogP contribution in [-0.4, -0.2) is 52.6 Å². The SMILES string of the molecule is NCCN1CCCN(c2ccc(S(N)(=O)=O)cc2F)CC1. The fraction of sp³-hybridized carbons (Fsp3) is 0.538. The van der Waals surface area contributed by atoms with Crippen molar-refractivity contribution in [3.63, 3.8) is 0 Å². The number of rotatable bonds is 4. The first-order valence-electron chi connectivity index (χ1n) is 6.91. The van der Waals surface area contributed by atoms with E-state index in [1.165, 1.54) is 12.1 Å². The number of anilines is 1. The maximum absolute atomic E-state index is 14.1. The third-order valence-corrected chi connectivity index (χ3v) is 4.53. The van der Waals surface area contributed by atoms with Crippen LogP contribution in [0, 0.1) is 5.82 Å². The van der Waals surface area contributed by atoms with Crippen LogP contribution >= 0.6 is 0 Å². The van der Waals surface area contributed by atoms with Gasteiger partial charge in [-0.3, -0.25) is 0 Å². The van der Waals surface area contributed by atoms with Crippen LogP contribution in [0.4, 0.5) is 10.1 Å². The lowest BCUT2D eigenvalue weighted by Crippen LogP contribution is -2.34. The summed E-state index contributed by atoms with van der Waals surface area (Å²) in [5, 5.41) is 5.00. The van der Waals surface area contributed by atoms with Crippen LogP contribution in [-0.2, 0) is 10.0 Å². The van der Waals surface area contributed by atoms with Gasteiger partial charge in [-0.05, 0) is 31.2 Å². The van der Waals surface area contributed by atoms with Gasteiger partial charge >= 0.3 is 0 Å². The minimum absolute atomic E-state index is 0.205. The molecule has 0 spiro atoms. The molecule has 0 bridgehead atoms. The Labute approximate surface area is 124 Å². The summed E-state index contributed by atoms with van der Waals surface area (Å²) in [6, 6.07) is 3.80. The van der Waals surface area contributed by atoms with Crippen LogP contribution < -0.4 is 15.8 Å². The van der Waals surface area contributed by atoms with E-state index in [-0.39, 0.29) is 4.90 Å². The van der Waals surface area contributed by atoms with Gasteiger partial charge in [0.05, 0.1) is 10.6 Å². The van der Waals surface area contributed by atoms with Crippen LogP contribution in [0.5, 0.6) is 0 Å². The van der Waals surface area contributed by atoms with Crippen molar-refractivity contribution in [2.45, 2.75) is 11.3 Å². The molecule has 0 atom stereocenters. The summed E-state index contributed by atoms with van der Waals surface area (Å²) in [7, 11) is -3.88. The van der Waals surface area contributed by atoms with E-state index in [1.54, 1.807) is 0 Å². The number of hydrogen-bond acceptors (Lipinski definition) is 5.